The fourth-order valence-corrected chi connectivity index (χ4v) is 3.51. The molecule has 28 heavy (non-hydrogen) atoms. The second kappa shape index (κ2) is 15.9. The zero-order valence-corrected chi connectivity index (χ0v) is 18.1. The molecule has 0 aliphatic carbocycles. The Labute approximate surface area is 171 Å². The molecule has 0 aromatic carbocycles. The minimum Gasteiger partial charge on any atom is -0.394 e. The molecule has 0 aliphatic heterocycles. The van der Waals surface area contributed by atoms with Gasteiger partial charge in [0.1, 0.15) is 0 Å². The van der Waals surface area contributed by atoms with E-state index in [0.717, 1.165) is 31.5 Å². The van der Waals surface area contributed by atoms with Crippen LogP contribution in [0.4, 0.5) is 0 Å². The maximum absolute atomic E-state index is 9.21. The molecule has 0 fully saturated rings. The van der Waals surface area contributed by atoms with Crippen LogP contribution in [0.5, 0.6) is 0 Å². The van der Waals surface area contributed by atoms with Gasteiger partial charge in [0.15, 0.2) is 0 Å². The zero-order chi connectivity index (χ0) is 20.5. The molecule has 0 spiro atoms. The van der Waals surface area contributed by atoms with Gasteiger partial charge in [0, 0.05) is 12.7 Å². The smallest absolute Gasteiger partial charge is 0.0827 e. The normalized spacial score (nSPS) is 12.0. The van der Waals surface area contributed by atoms with E-state index in [0.29, 0.717) is 6.42 Å². The highest BCUT2D eigenvalue weighted by atomic mass is 16.3. The monoisotopic (exact) mass is 396 g/mol. The second-order valence-corrected chi connectivity index (χ2v) is 8.39. The number of unbranched alkanes of at least 4 members (excludes halogenated alkanes) is 11. The molecule has 4 N–H and O–H groups in total. The summed E-state index contributed by atoms with van der Waals surface area (Å²) >= 11 is 0. The fourth-order valence-electron chi connectivity index (χ4n) is 3.51. The van der Waals surface area contributed by atoms with Gasteiger partial charge in [-0.05, 0) is 25.7 Å². The molecule has 1 aromatic rings. The number of rotatable bonds is 19. The summed E-state index contributed by atoms with van der Waals surface area (Å²) in [4.78, 5) is 0. The summed E-state index contributed by atoms with van der Waals surface area (Å²) in [7, 11) is 0. The Morgan fingerprint density at radius 1 is 0.857 bits per heavy atom. The van der Waals surface area contributed by atoms with E-state index in [4.69, 9.17) is 5.73 Å². The third-order valence-electron chi connectivity index (χ3n) is 5.56. The van der Waals surface area contributed by atoms with Crippen LogP contribution in [0.15, 0.2) is 6.20 Å². The zero-order valence-electron chi connectivity index (χ0n) is 18.1. The van der Waals surface area contributed by atoms with Crippen molar-refractivity contribution in [1.82, 2.24) is 15.0 Å². The minimum absolute atomic E-state index is 0.199. The van der Waals surface area contributed by atoms with Crippen LogP contribution < -0.4 is 5.73 Å². The number of hydrogen-bond acceptors (Lipinski definition) is 5. The molecule has 0 radical (unpaired) electrons. The van der Waals surface area contributed by atoms with Crippen molar-refractivity contribution in [2.75, 3.05) is 13.2 Å². The van der Waals surface area contributed by atoms with E-state index in [1.54, 1.807) is 0 Å². The van der Waals surface area contributed by atoms with E-state index >= 15 is 0 Å². The lowest BCUT2D eigenvalue weighted by atomic mass is 9.95. The van der Waals surface area contributed by atoms with Crippen LogP contribution >= 0.6 is 0 Å². The maximum Gasteiger partial charge on any atom is 0.0827 e. The van der Waals surface area contributed by atoms with Crippen molar-refractivity contribution in [3.05, 3.63) is 11.9 Å². The summed E-state index contributed by atoms with van der Waals surface area (Å²) in [6.07, 6.45) is 20.4. The summed E-state index contributed by atoms with van der Waals surface area (Å²) in [5.41, 5.74) is 5.95. The Bertz CT molecular complexity index is 475. The number of aliphatic hydroxyl groups excluding tert-OH is 2. The standard InChI is InChI=1S/C22H44N4O2/c1-2-3-4-5-6-7-8-9-10-11-12-13-17-26-18-21(24-25-26)15-14-16-22(23,19-27)20-28/h18,27-28H,2-17,19-20,23H2,1H3. The number of hydrogen-bond donors (Lipinski definition) is 3. The summed E-state index contributed by atoms with van der Waals surface area (Å²) in [6, 6.07) is 0. The number of aliphatic hydroxyl groups is 2. The van der Waals surface area contributed by atoms with Crippen molar-refractivity contribution in [2.45, 2.75) is 115 Å². The topological polar surface area (TPSA) is 97.2 Å². The van der Waals surface area contributed by atoms with Crippen molar-refractivity contribution < 1.29 is 10.2 Å². The minimum atomic E-state index is -0.884. The average molecular weight is 397 g/mol. The Hall–Kier alpha value is -0.980. The molecule has 0 amide bonds. The molecular formula is C22H44N4O2. The van der Waals surface area contributed by atoms with Crippen LogP contribution in [0, 0.1) is 0 Å². The van der Waals surface area contributed by atoms with Crippen molar-refractivity contribution in [3.63, 3.8) is 0 Å². The molecule has 1 aromatic heterocycles. The quantitative estimate of drug-likeness (QED) is 0.307. The summed E-state index contributed by atoms with van der Waals surface area (Å²) < 4.78 is 1.93. The van der Waals surface area contributed by atoms with Crippen LogP contribution in [-0.4, -0.2) is 44.0 Å². The molecule has 1 rings (SSSR count). The predicted octanol–water partition coefficient (Wildman–Crippen LogP) is 3.98. The summed E-state index contributed by atoms with van der Waals surface area (Å²) in [6.45, 7) is 2.80. The number of aryl methyl sites for hydroxylation is 2. The van der Waals surface area contributed by atoms with Crippen LogP contribution in [0.2, 0.25) is 0 Å². The van der Waals surface area contributed by atoms with E-state index in [1.165, 1.54) is 70.6 Å². The number of aromatic nitrogens is 3. The van der Waals surface area contributed by atoms with Crippen molar-refractivity contribution in [3.8, 4) is 0 Å². The van der Waals surface area contributed by atoms with Crippen LogP contribution in [0.3, 0.4) is 0 Å². The fraction of sp³-hybridized carbons (Fsp3) is 0.909. The highest BCUT2D eigenvalue weighted by molar-refractivity contribution is 4.93. The Kier molecular flexibility index (Phi) is 14.2. The van der Waals surface area contributed by atoms with Crippen molar-refractivity contribution in [1.29, 1.82) is 0 Å². The van der Waals surface area contributed by atoms with Crippen LogP contribution in [0.1, 0.15) is 103 Å². The highest BCUT2D eigenvalue weighted by Gasteiger charge is 2.22. The van der Waals surface area contributed by atoms with Gasteiger partial charge in [0.05, 0.1) is 24.4 Å². The number of nitrogens with zero attached hydrogens (tertiary/aromatic N) is 3. The van der Waals surface area contributed by atoms with Gasteiger partial charge in [-0.1, -0.05) is 82.8 Å². The first kappa shape index (κ1) is 25.1. The molecule has 0 aliphatic rings. The van der Waals surface area contributed by atoms with Gasteiger partial charge in [-0.2, -0.15) is 0 Å². The molecule has 1 heterocycles. The lowest BCUT2D eigenvalue weighted by Crippen LogP contribution is -2.47. The molecule has 0 atom stereocenters. The van der Waals surface area contributed by atoms with Gasteiger partial charge in [-0.15, -0.1) is 5.10 Å². The predicted molar refractivity (Wildman–Crippen MR) is 115 cm³/mol. The second-order valence-electron chi connectivity index (χ2n) is 8.39. The van der Waals surface area contributed by atoms with E-state index in [-0.39, 0.29) is 13.2 Å². The summed E-state index contributed by atoms with van der Waals surface area (Å²) in [5.74, 6) is 0. The molecule has 0 saturated carbocycles. The lowest BCUT2D eigenvalue weighted by molar-refractivity contribution is 0.113. The molecule has 6 nitrogen and oxygen atoms in total. The van der Waals surface area contributed by atoms with E-state index in [1.807, 2.05) is 10.9 Å². The molecule has 0 unspecified atom stereocenters. The van der Waals surface area contributed by atoms with E-state index < -0.39 is 5.54 Å². The Morgan fingerprint density at radius 3 is 1.93 bits per heavy atom. The molecule has 164 valence electrons. The van der Waals surface area contributed by atoms with Gasteiger partial charge in [-0.3, -0.25) is 4.68 Å². The first-order valence-electron chi connectivity index (χ1n) is 11.5. The molecule has 6 heteroatoms. The van der Waals surface area contributed by atoms with Gasteiger partial charge < -0.3 is 15.9 Å². The molecular weight excluding hydrogens is 352 g/mol. The molecule has 0 saturated heterocycles. The van der Waals surface area contributed by atoms with Gasteiger partial charge in [0.25, 0.3) is 0 Å². The largest absolute Gasteiger partial charge is 0.394 e. The first-order valence-corrected chi connectivity index (χ1v) is 11.5. The van der Waals surface area contributed by atoms with Crippen molar-refractivity contribution in [2.24, 2.45) is 5.73 Å². The SMILES string of the molecule is CCCCCCCCCCCCCCn1cc(CCCC(N)(CO)CO)nn1. The lowest BCUT2D eigenvalue weighted by Gasteiger charge is -2.23. The van der Waals surface area contributed by atoms with Gasteiger partial charge >= 0.3 is 0 Å². The summed E-state index contributed by atoms with van der Waals surface area (Å²) in [5, 5.41) is 26.8. The number of nitrogens with two attached hydrogens (primary N) is 1. The van der Waals surface area contributed by atoms with Crippen LogP contribution in [-0.2, 0) is 13.0 Å². The maximum atomic E-state index is 9.21. The Morgan fingerprint density at radius 2 is 1.39 bits per heavy atom. The van der Waals surface area contributed by atoms with Crippen LogP contribution in [0.25, 0.3) is 0 Å². The average Bonchev–Trinajstić information content (AvgIpc) is 3.16. The van der Waals surface area contributed by atoms with E-state index in [9.17, 15) is 10.2 Å². The van der Waals surface area contributed by atoms with Gasteiger partial charge in [0.2, 0.25) is 0 Å². The van der Waals surface area contributed by atoms with E-state index in [2.05, 4.69) is 17.2 Å². The third kappa shape index (κ3) is 11.8. The third-order valence-corrected chi connectivity index (χ3v) is 5.56. The van der Waals surface area contributed by atoms with Gasteiger partial charge in [-0.25, -0.2) is 0 Å². The first-order chi connectivity index (χ1) is 13.6. The highest BCUT2D eigenvalue weighted by Crippen LogP contribution is 2.13. The van der Waals surface area contributed by atoms with Crippen molar-refractivity contribution >= 4 is 0 Å². The molecule has 0 bridgehead atoms. The Balaban J connectivity index is 1.98.